The molecule has 2 atom stereocenters. The SMILES string of the molecule is C[C@@H]1C[C@H](C)CN(c2cc(NCCN(C)C)c3c4c(onc24)-c2ccccc2C3=O)C1. The predicted octanol–water partition coefficient (Wildman–Crippen LogP) is 4.50. The fourth-order valence-corrected chi connectivity index (χ4v) is 5.20. The van der Waals surface area contributed by atoms with Crippen LogP contribution < -0.4 is 10.2 Å². The largest absolute Gasteiger partial charge is 0.383 e. The monoisotopic (exact) mass is 418 g/mol. The Morgan fingerprint density at radius 1 is 1.16 bits per heavy atom. The summed E-state index contributed by atoms with van der Waals surface area (Å²) in [5, 5.41) is 8.88. The van der Waals surface area contributed by atoms with Gasteiger partial charge in [-0.15, -0.1) is 0 Å². The van der Waals surface area contributed by atoms with E-state index >= 15 is 0 Å². The third-order valence-electron chi connectivity index (χ3n) is 6.46. The first kappa shape index (κ1) is 20.1. The highest BCUT2D eigenvalue weighted by atomic mass is 16.5. The van der Waals surface area contributed by atoms with E-state index in [-0.39, 0.29) is 5.78 Å². The number of anilines is 2. The van der Waals surface area contributed by atoms with Crippen molar-refractivity contribution in [2.24, 2.45) is 11.8 Å². The zero-order chi connectivity index (χ0) is 21.7. The molecular formula is C25H30N4O2. The van der Waals surface area contributed by atoms with Gasteiger partial charge in [-0.1, -0.05) is 43.3 Å². The summed E-state index contributed by atoms with van der Waals surface area (Å²) in [6, 6.07) is 9.79. The summed E-state index contributed by atoms with van der Waals surface area (Å²) in [4.78, 5) is 18.1. The van der Waals surface area contributed by atoms with Gasteiger partial charge in [0.25, 0.3) is 0 Å². The van der Waals surface area contributed by atoms with Crippen molar-refractivity contribution in [3.8, 4) is 11.3 Å². The topological polar surface area (TPSA) is 61.6 Å². The maximum atomic E-state index is 13.6. The zero-order valence-corrected chi connectivity index (χ0v) is 18.7. The molecule has 0 bridgehead atoms. The Morgan fingerprint density at radius 2 is 1.87 bits per heavy atom. The molecule has 2 aromatic carbocycles. The molecule has 0 amide bonds. The summed E-state index contributed by atoms with van der Waals surface area (Å²) in [5.41, 5.74) is 4.93. The normalized spacial score (nSPS) is 20.4. The van der Waals surface area contributed by atoms with E-state index < -0.39 is 0 Å². The highest BCUT2D eigenvalue weighted by Gasteiger charge is 2.34. The molecule has 162 valence electrons. The second kappa shape index (κ2) is 7.68. The first-order chi connectivity index (χ1) is 14.9. The highest BCUT2D eigenvalue weighted by Crippen LogP contribution is 2.46. The Hall–Kier alpha value is -2.86. The molecule has 2 aliphatic rings. The smallest absolute Gasteiger partial charge is 0.196 e. The van der Waals surface area contributed by atoms with Crippen molar-refractivity contribution in [2.75, 3.05) is 50.5 Å². The lowest BCUT2D eigenvalue weighted by molar-refractivity contribution is 0.104. The molecule has 0 spiro atoms. The summed E-state index contributed by atoms with van der Waals surface area (Å²) in [5.74, 6) is 1.97. The van der Waals surface area contributed by atoms with E-state index in [1.54, 1.807) is 0 Å². The van der Waals surface area contributed by atoms with Gasteiger partial charge in [0, 0.05) is 43.0 Å². The molecule has 1 fully saturated rings. The molecule has 1 aromatic heterocycles. The maximum absolute atomic E-state index is 13.6. The number of nitrogens with zero attached hydrogens (tertiary/aromatic N) is 3. The fraction of sp³-hybridized carbons (Fsp3) is 0.440. The first-order valence-corrected chi connectivity index (χ1v) is 11.2. The minimum atomic E-state index is 0.0376. The number of hydrogen-bond acceptors (Lipinski definition) is 6. The number of likely N-dealkylation sites (N-methyl/N-ethyl adjacent to an activating group) is 1. The van der Waals surface area contributed by atoms with Crippen molar-refractivity contribution < 1.29 is 9.32 Å². The number of nitrogens with one attached hydrogen (secondary N) is 1. The Morgan fingerprint density at radius 3 is 2.58 bits per heavy atom. The van der Waals surface area contributed by atoms with Crippen LogP contribution in [0.1, 0.15) is 36.2 Å². The van der Waals surface area contributed by atoms with Crippen LogP contribution in [0, 0.1) is 11.8 Å². The number of rotatable bonds is 5. The molecule has 1 aliphatic heterocycles. The van der Waals surface area contributed by atoms with Gasteiger partial charge in [0.2, 0.25) is 0 Å². The lowest BCUT2D eigenvalue weighted by Crippen LogP contribution is -2.39. The van der Waals surface area contributed by atoms with Gasteiger partial charge in [0.1, 0.15) is 5.52 Å². The summed E-state index contributed by atoms with van der Waals surface area (Å²) in [6.45, 7) is 8.23. The van der Waals surface area contributed by atoms with Gasteiger partial charge in [0.15, 0.2) is 11.5 Å². The number of benzene rings is 2. The Bertz CT molecular complexity index is 1140. The minimum Gasteiger partial charge on any atom is -0.383 e. The molecule has 1 aliphatic carbocycles. The molecule has 0 saturated carbocycles. The van der Waals surface area contributed by atoms with Crippen LogP contribution in [0.3, 0.4) is 0 Å². The first-order valence-electron chi connectivity index (χ1n) is 11.2. The van der Waals surface area contributed by atoms with Crippen molar-refractivity contribution in [2.45, 2.75) is 20.3 Å². The van der Waals surface area contributed by atoms with Gasteiger partial charge >= 0.3 is 0 Å². The number of ketones is 1. The van der Waals surface area contributed by atoms with E-state index in [4.69, 9.17) is 4.52 Å². The summed E-state index contributed by atoms with van der Waals surface area (Å²) >= 11 is 0. The fourth-order valence-electron chi connectivity index (χ4n) is 5.20. The number of fused-ring (bicyclic) bond motifs is 2. The molecule has 1 N–H and O–H groups in total. The number of hydrogen-bond donors (Lipinski definition) is 1. The summed E-state index contributed by atoms with van der Waals surface area (Å²) in [6.07, 6.45) is 1.24. The van der Waals surface area contributed by atoms with E-state index in [1.165, 1.54) is 6.42 Å². The third-order valence-corrected chi connectivity index (χ3v) is 6.46. The van der Waals surface area contributed by atoms with Crippen molar-refractivity contribution in [1.82, 2.24) is 10.1 Å². The van der Waals surface area contributed by atoms with Crippen LogP contribution in [0.2, 0.25) is 0 Å². The van der Waals surface area contributed by atoms with E-state index in [0.29, 0.717) is 28.7 Å². The van der Waals surface area contributed by atoms with Crippen LogP contribution in [-0.4, -0.2) is 56.1 Å². The second-order valence-corrected chi connectivity index (χ2v) is 9.51. The van der Waals surface area contributed by atoms with Crippen LogP contribution in [0.5, 0.6) is 0 Å². The molecule has 3 aromatic rings. The van der Waals surface area contributed by atoms with Gasteiger partial charge < -0.3 is 19.6 Å². The lowest BCUT2D eigenvalue weighted by atomic mass is 9.85. The second-order valence-electron chi connectivity index (χ2n) is 9.51. The van der Waals surface area contributed by atoms with Crippen LogP contribution in [-0.2, 0) is 0 Å². The third kappa shape index (κ3) is 3.39. The molecule has 1 saturated heterocycles. The van der Waals surface area contributed by atoms with Crippen LogP contribution >= 0.6 is 0 Å². The molecule has 2 heterocycles. The van der Waals surface area contributed by atoms with Crippen molar-refractivity contribution in [3.63, 3.8) is 0 Å². The highest BCUT2D eigenvalue weighted by molar-refractivity contribution is 6.28. The summed E-state index contributed by atoms with van der Waals surface area (Å²) < 4.78 is 5.89. The quantitative estimate of drug-likeness (QED) is 0.515. The van der Waals surface area contributed by atoms with Crippen molar-refractivity contribution >= 4 is 28.1 Å². The van der Waals surface area contributed by atoms with Gasteiger partial charge in [-0.2, -0.15) is 0 Å². The number of carbonyl (C=O) groups is 1. The van der Waals surface area contributed by atoms with Crippen LogP contribution in [0.4, 0.5) is 11.4 Å². The maximum Gasteiger partial charge on any atom is 0.196 e. The Labute approximate surface area is 183 Å². The van der Waals surface area contributed by atoms with Crippen molar-refractivity contribution in [1.29, 1.82) is 0 Å². The van der Waals surface area contributed by atoms with Crippen LogP contribution in [0.25, 0.3) is 22.2 Å². The Kier molecular flexibility index (Phi) is 4.97. The van der Waals surface area contributed by atoms with Crippen molar-refractivity contribution in [3.05, 3.63) is 41.5 Å². The molecule has 6 heteroatoms. The zero-order valence-electron chi connectivity index (χ0n) is 18.7. The van der Waals surface area contributed by atoms with Gasteiger partial charge in [-0.3, -0.25) is 4.79 Å². The molecule has 31 heavy (non-hydrogen) atoms. The average molecular weight is 419 g/mol. The van der Waals surface area contributed by atoms with Crippen LogP contribution in [0.15, 0.2) is 34.9 Å². The molecular weight excluding hydrogens is 388 g/mol. The van der Waals surface area contributed by atoms with Gasteiger partial charge in [-0.05, 0) is 38.4 Å². The van der Waals surface area contributed by atoms with E-state index in [9.17, 15) is 4.79 Å². The number of piperidine rings is 1. The number of aromatic nitrogens is 1. The van der Waals surface area contributed by atoms with E-state index in [2.05, 4.69) is 54.3 Å². The number of carbonyl (C=O) groups excluding carboxylic acids is 1. The molecule has 0 unspecified atom stereocenters. The molecule has 5 rings (SSSR count). The Balaban J connectivity index is 1.70. The predicted molar refractivity (Wildman–Crippen MR) is 125 cm³/mol. The van der Waals surface area contributed by atoms with Gasteiger partial charge in [-0.25, -0.2) is 0 Å². The molecule has 6 nitrogen and oxygen atoms in total. The van der Waals surface area contributed by atoms with E-state index in [1.807, 2.05) is 24.3 Å². The molecule has 0 radical (unpaired) electrons. The summed E-state index contributed by atoms with van der Waals surface area (Å²) in [7, 11) is 4.10. The van der Waals surface area contributed by atoms with Gasteiger partial charge in [0.05, 0.1) is 16.6 Å². The lowest BCUT2D eigenvalue weighted by Gasteiger charge is -2.37. The standard InChI is InChI=1S/C25H30N4O2/c1-15-11-16(2)14-29(13-15)20-12-19(26-9-10-28(3)4)21-22-23(20)27-31-25(22)18-8-6-5-7-17(18)24(21)30/h5-8,12,15-16,26H,9-11,13-14H2,1-4H3/t15-,16+. The average Bonchev–Trinajstić information content (AvgIpc) is 3.16. The van der Waals surface area contributed by atoms with E-state index in [0.717, 1.165) is 54.0 Å². The minimum absolute atomic E-state index is 0.0376.